The van der Waals surface area contributed by atoms with E-state index in [-0.39, 0.29) is 18.4 Å². The second-order valence-electron chi connectivity index (χ2n) is 4.13. The number of rotatable bonds is 6. The van der Waals surface area contributed by atoms with E-state index in [1.54, 1.807) is 6.07 Å². The number of unbranched alkanes of at least 4 members (excludes halogenated alkanes) is 1. The molecule has 0 aromatic heterocycles. The molecule has 1 atom stereocenters. The van der Waals surface area contributed by atoms with Crippen molar-refractivity contribution in [3.8, 4) is 5.75 Å². The lowest BCUT2D eigenvalue weighted by atomic mass is 10.1. The van der Waals surface area contributed by atoms with Gasteiger partial charge in [-0.3, -0.25) is 0 Å². The molecule has 0 saturated carbocycles. The number of carbonyl (C=O) groups is 1. The van der Waals surface area contributed by atoms with Crippen molar-refractivity contribution in [3.63, 3.8) is 0 Å². The lowest BCUT2D eigenvalue weighted by Crippen LogP contribution is -2.34. The van der Waals surface area contributed by atoms with Gasteiger partial charge in [-0.1, -0.05) is 18.6 Å². The molecule has 4 N–H and O–H groups in total. The fourth-order valence-electron chi connectivity index (χ4n) is 1.50. The third kappa shape index (κ3) is 6.00. The maximum Gasteiger partial charge on any atom is 0.328 e. The number of benzene rings is 1. The SMILES string of the molecule is Cc1cccc(OC(=O)[C@@H](N)CCCCN)c1.Cl. The number of aryl methyl sites for hydroxylation is 1. The molecule has 0 saturated heterocycles. The number of esters is 1. The summed E-state index contributed by atoms with van der Waals surface area (Å²) in [6.07, 6.45) is 2.34. The number of hydrogen-bond donors (Lipinski definition) is 2. The van der Waals surface area contributed by atoms with Gasteiger partial charge in [-0.05, 0) is 44.0 Å². The molecule has 0 bridgehead atoms. The first kappa shape index (κ1) is 16.9. The summed E-state index contributed by atoms with van der Waals surface area (Å²) in [6.45, 7) is 2.57. The molecule has 0 unspecified atom stereocenters. The van der Waals surface area contributed by atoms with Crippen LogP contribution in [0.15, 0.2) is 24.3 Å². The summed E-state index contributed by atoms with van der Waals surface area (Å²) in [6, 6.07) is 6.78. The van der Waals surface area contributed by atoms with Crippen molar-refractivity contribution in [1.82, 2.24) is 0 Å². The zero-order valence-electron chi connectivity index (χ0n) is 10.6. The maximum atomic E-state index is 11.6. The van der Waals surface area contributed by atoms with Gasteiger partial charge in [-0.2, -0.15) is 0 Å². The van der Waals surface area contributed by atoms with Crippen molar-refractivity contribution in [3.05, 3.63) is 29.8 Å². The third-order valence-electron chi connectivity index (χ3n) is 2.48. The first-order valence-corrected chi connectivity index (χ1v) is 5.87. The van der Waals surface area contributed by atoms with Crippen LogP contribution < -0.4 is 16.2 Å². The van der Waals surface area contributed by atoms with Crippen molar-refractivity contribution in [2.75, 3.05) is 6.54 Å². The van der Waals surface area contributed by atoms with E-state index in [9.17, 15) is 4.79 Å². The molecule has 0 aliphatic rings. The molecular weight excluding hydrogens is 252 g/mol. The highest BCUT2D eigenvalue weighted by Gasteiger charge is 2.15. The molecule has 0 fully saturated rings. The maximum absolute atomic E-state index is 11.6. The lowest BCUT2D eigenvalue weighted by Gasteiger charge is -2.11. The van der Waals surface area contributed by atoms with Gasteiger partial charge >= 0.3 is 5.97 Å². The van der Waals surface area contributed by atoms with Crippen molar-refractivity contribution in [2.24, 2.45) is 11.5 Å². The average Bonchev–Trinajstić information content (AvgIpc) is 2.29. The molecule has 5 heteroatoms. The van der Waals surface area contributed by atoms with Gasteiger partial charge in [0.05, 0.1) is 0 Å². The monoisotopic (exact) mass is 272 g/mol. The van der Waals surface area contributed by atoms with Crippen LogP contribution in [-0.4, -0.2) is 18.6 Å². The van der Waals surface area contributed by atoms with E-state index in [0.29, 0.717) is 18.7 Å². The Morgan fingerprint density at radius 2 is 2.11 bits per heavy atom. The Morgan fingerprint density at radius 3 is 2.72 bits per heavy atom. The van der Waals surface area contributed by atoms with E-state index in [2.05, 4.69) is 0 Å². The topological polar surface area (TPSA) is 78.3 Å². The van der Waals surface area contributed by atoms with Crippen LogP contribution in [0.2, 0.25) is 0 Å². The number of halogens is 1. The summed E-state index contributed by atoms with van der Waals surface area (Å²) >= 11 is 0. The number of nitrogens with two attached hydrogens (primary N) is 2. The minimum Gasteiger partial charge on any atom is -0.425 e. The van der Waals surface area contributed by atoms with E-state index < -0.39 is 6.04 Å². The Balaban J connectivity index is 0.00000289. The second-order valence-corrected chi connectivity index (χ2v) is 4.13. The summed E-state index contributed by atoms with van der Waals surface area (Å²) in [5.41, 5.74) is 12.2. The molecule has 1 aromatic carbocycles. The first-order valence-electron chi connectivity index (χ1n) is 5.87. The van der Waals surface area contributed by atoms with Crippen molar-refractivity contribution < 1.29 is 9.53 Å². The van der Waals surface area contributed by atoms with Gasteiger partial charge in [0.2, 0.25) is 0 Å². The van der Waals surface area contributed by atoms with Gasteiger partial charge in [0.25, 0.3) is 0 Å². The van der Waals surface area contributed by atoms with Crippen LogP contribution in [0.25, 0.3) is 0 Å². The zero-order valence-corrected chi connectivity index (χ0v) is 11.4. The first-order chi connectivity index (χ1) is 8.13. The molecule has 1 aromatic rings. The Morgan fingerprint density at radius 1 is 1.39 bits per heavy atom. The fraction of sp³-hybridized carbons (Fsp3) is 0.462. The van der Waals surface area contributed by atoms with Crippen LogP contribution in [0.1, 0.15) is 24.8 Å². The van der Waals surface area contributed by atoms with Gasteiger partial charge in [-0.15, -0.1) is 12.4 Å². The average molecular weight is 273 g/mol. The highest BCUT2D eigenvalue weighted by molar-refractivity contribution is 5.85. The molecule has 4 nitrogen and oxygen atoms in total. The molecule has 1 rings (SSSR count). The summed E-state index contributed by atoms with van der Waals surface area (Å²) < 4.78 is 5.19. The number of hydrogen-bond acceptors (Lipinski definition) is 4. The van der Waals surface area contributed by atoms with Crippen molar-refractivity contribution >= 4 is 18.4 Å². The van der Waals surface area contributed by atoms with Crippen molar-refractivity contribution in [2.45, 2.75) is 32.2 Å². The van der Waals surface area contributed by atoms with Crippen molar-refractivity contribution in [1.29, 1.82) is 0 Å². The zero-order chi connectivity index (χ0) is 12.7. The largest absolute Gasteiger partial charge is 0.425 e. The minimum atomic E-state index is -0.568. The predicted octanol–water partition coefficient (Wildman–Crippen LogP) is 1.78. The third-order valence-corrected chi connectivity index (χ3v) is 2.48. The number of ether oxygens (including phenoxy) is 1. The van der Waals surface area contributed by atoms with E-state index in [1.807, 2.05) is 25.1 Å². The van der Waals surface area contributed by atoms with Gasteiger partial charge < -0.3 is 16.2 Å². The molecule has 0 spiro atoms. The van der Waals surface area contributed by atoms with Crippen LogP contribution in [0.4, 0.5) is 0 Å². The lowest BCUT2D eigenvalue weighted by molar-refractivity contribution is -0.136. The summed E-state index contributed by atoms with van der Waals surface area (Å²) in [7, 11) is 0. The highest BCUT2D eigenvalue weighted by atomic mass is 35.5. The smallest absolute Gasteiger partial charge is 0.328 e. The van der Waals surface area contributed by atoms with Gasteiger partial charge in [0.15, 0.2) is 0 Å². The van der Waals surface area contributed by atoms with Crippen LogP contribution in [0.5, 0.6) is 5.75 Å². The van der Waals surface area contributed by atoms with Crippen LogP contribution >= 0.6 is 12.4 Å². The van der Waals surface area contributed by atoms with E-state index in [0.717, 1.165) is 18.4 Å². The minimum absolute atomic E-state index is 0. The molecule has 0 radical (unpaired) electrons. The Kier molecular flexibility index (Phi) is 8.37. The molecule has 0 heterocycles. The van der Waals surface area contributed by atoms with E-state index in [1.165, 1.54) is 0 Å². The van der Waals surface area contributed by atoms with E-state index in [4.69, 9.17) is 16.2 Å². The Labute approximate surface area is 114 Å². The standard InChI is InChI=1S/C13H20N2O2.ClH/c1-10-5-4-6-11(9-10)17-13(16)12(15)7-2-3-8-14;/h4-6,9,12H,2-3,7-8,14-15H2,1H3;1H/t12-;/m0./s1. The van der Waals surface area contributed by atoms with Gasteiger partial charge in [0.1, 0.15) is 11.8 Å². The highest BCUT2D eigenvalue weighted by Crippen LogP contribution is 2.13. The molecule has 102 valence electrons. The quantitative estimate of drug-likeness (QED) is 0.470. The molecule has 0 aliphatic heterocycles. The summed E-state index contributed by atoms with van der Waals surface area (Å²) in [5, 5.41) is 0. The fourth-order valence-corrected chi connectivity index (χ4v) is 1.50. The van der Waals surface area contributed by atoms with Crippen LogP contribution in [0.3, 0.4) is 0 Å². The van der Waals surface area contributed by atoms with Gasteiger partial charge in [-0.25, -0.2) is 4.79 Å². The second kappa shape index (κ2) is 8.91. The molecule has 0 aliphatic carbocycles. The van der Waals surface area contributed by atoms with E-state index >= 15 is 0 Å². The molecule has 18 heavy (non-hydrogen) atoms. The normalized spacial score (nSPS) is 11.5. The Hall–Kier alpha value is -1.10. The predicted molar refractivity (Wildman–Crippen MR) is 74.9 cm³/mol. The summed E-state index contributed by atoms with van der Waals surface area (Å²) in [5.74, 6) is 0.164. The Bertz CT molecular complexity index is 372. The molecule has 0 amide bonds. The van der Waals surface area contributed by atoms with Gasteiger partial charge in [0, 0.05) is 0 Å². The van der Waals surface area contributed by atoms with Crippen LogP contribution in [-0.2, 0) is 4.79 Å². The molecular formula is C13H21ClN2O2. The number of carbonyl (C=O) groups excluding carboxylic acids is 1. The van der Waals surface area contributed by atoms with Crippen LogP contribution in [0, 0.1) is 6.92 Å². The summed E-state index contributed by atoms with van der Waals surface area (Å²) in [4.78, 5) is 11.6.